The Hall–Kier alpha value is -2.26. The molecular formula is C16H18N4O4S. The van der Waals surface area contributed by atoms with Crippen molar-refractivity contribution in [2.45, 2.75) is 18.6 Å². The Kier molecular flexibility index (Phi) is 4.04. The smallest absolute Gasteiger partial charge is 0.276 e. The molecule has 0 aliphatic carbocycles. The van der Waals surface area contributed by atoms with E-state index in [4.69, 9.17) is 4.52 Å². The number of hydrogen-bond donors (Lipinski definition) is 0. The van der Waals surface area contributed by atoms with Gasteiger partial charge in [-0.15, -0.1) is 0 Å². The molecule has 2 aliphatic rings. The van der Waals surface area contributed by atoms with Gasteiger partial charge in [-0.3, -0.25) is 14.7 Å². The Bertz CT molecular complexity index is 854. The normalized spacial score (nSPS) is 25.7. The van der Waals surface area contributed by atoms with Crippen LogP contribution in [0.3, 0.4) is 0 Å². The van der Waals surface area contributed by atoms with Crippen LogP contribution in [0.25, 0.3) is 0 Å². The van der Waals surface area contributed by atoms with Crippen LogP contribution in [-0.4, -0.2) is 70.9 Å². The van der Waals surface area contributed by atoms with E-state index in [1.165, 1.54) is 12.3 Å². The molecular weight excluding hydrogens is 344 g/mol. The van der Waals surface area contributed by atoms with Gasteiger partial charge in [0.05, 0.1) is 17.5 Å². The zero-order valence-electron chi connectivity index (χ0n) is 13.5. The molecule has 2 aromatic rings. The topological polar surface area (TPSA) is 96.6 Å². The van der Waals surface area contributed by atoms with Crippen molar-refractivity contribution < 1.29 is 17.7 Å². The van der Waals surface area contributed by atoms with Gasteiger partial charge in [0.1, 0.15) is 6.26 Å². The van der Waals surface area contributed by atoms with Gasteiger partial charge in [-0.2, -0.15) is 0 Å². The largest absolute Gasteiger partial charge is 0.364 e. The maximum Gasteiger partial charge on any atom is 0.276 e. The van der Waals surface area contributed by atoms with Crippen LogP contribution in [0.1, 0.15) is 16.1 Å². The Morgan fingerprint density at radius 3 is 2.64 bits per heavy atom. The number of hydrogen-bond acceptors (Lipinski definition) is 7. The van der Waals surface area contributed by atoms with E-state index >= 15 is 0 Å². The molecule has 2 fully saturated rings. The Morgan fingerprint density at radius 1 is 1.16 bits per heavy atom. The predicted molar refractivity (Wildman–Crippen MR) is 88.4 cm³/mol. The first kappa shape index (κ1) is 16.2. The highest BCUT2D eigenvalue weighted by atomic mass is 32.2. The molecule has 0 saturated carbocycles. The van der Waals surface area contributed by atoms with Crippen LogP contribution in [0.15, 0.2) is 41.4 Å². The Labute approximate surface area is 145 Å². The zero-order chi connectivity index (χ0) is 17.4. The molecule has 2 atom stereocenters. The highest BCUT2D eigenvalue weighted by Crippen LogP contribution is 2.29. The average molecular weight is 362 g/mol. The highest BCUT2D eigenvalue weighted by molar-refractivity contribution is 7.91. The van der Waals surface area contributed by atoms with Gasteiger partial charge in [0, 0.05) is 44.1 Å². The molecule has 0 bridgehead atoms. The lowest BCUT2D eigenvalue weighted by Gasteiger charge is -2.43. The molecule has 0 aromatic carbocycles. The number of amides is 1. The standard InChI is InChI=1S/C16H18N4O4S/c21-16(13-3-8-24-18-13)20-7-6-19(9-12-1-4-17-5-2-12)14-10-25(22,23)11-15(14)20/h1-5,8,14-15H,6-7,9-11H2/t14-,15+/m1/s1. The van der Waals surface area contributed by atoms with Gasteiger partial charge in [0.25, 0.3) is 5.91 Å². The molecule has 25 heavy (non-hydrogen) atoms. The number of fused-ring (bicyclic) bond motifs is 1. The van der Waals surface area contributed by atoms with Crippen LogP contribution in [0.5, 0.6) is 0 Å². The van der Waals surface area contributed by atoms with Crippen LogP contribution in [-0.2, 0) is 16.4 Å². The van der Waals surface area contributed by atoms with E-state index in [1.807, 2.05) is 12.1 Å². The van der Waals surface area contributed by atoms with Crippen LogP contribution in [0, 0.1) is 0 Å². The molecule has 2 aromatic heterocycles. The summed E-state index contributed by atoms with van der Waals surface area (Å²) in [6.45, 7) is 1.72. The first-order valence-corrected chi connectivity index (χ1v) is 9.90. The summed E-state index contributed by atoms with van der Waals surface area (Å²) in [4.78, 5) is 20.5. The Morgan fingerprint density at radius 2 is 1.92 bits per heavy atom. The van der Waals surface area contributed by atoms with E-state index in [1.54, 1.807) is 17.3 Å². The number of piperazine rings is 1. The van der Waals surface area contributed by atoms with Gasteiger partial charge >= 0.3 is 0 Å². The fraction of sp³-hybridized carbons (Fsp3) is 0.438. The lowest BCUT2D eigenvalue weighted by atomic mass is 10.0. The van der Waals surface area contributed by atoms with Gasteiger partial charge < -0.3 is 9.42 Å². The summed E-state index contributed by atoms with van der Waals surface area (Å²) < 4.78 is 29.2. The van der Waals surface area contributed by atoms with Crippen LogP contribution in [0.4, 0.5) is 0 Å². The quantitative estimate of drug-likeness (QED) is 0.769. The summed E-state index contributed by atoms with van der Waals surface area (Å²) >= 11 is 0. The van der Waals surface area contributed by atoms with E-state index in [0.29, 0.717) is 19.6 Å². The minimum Gasteiger partial charge on any atom is -0.364 e. The molecule has 0 unspecified atom stereocenters. The van der Waals surface area contributed by atoms with Gasteiger partial charge in [0.15, 0.2) is 15.5 Å². The number of aromatic nitrogens is 2. The van der Waals surface area contributed by atoms with Gasteiger partial charge in [-0.05, 0) is 17.7 Å². The molecule has 132 valence electrons. The molecule has 2 saturated heterocycles. The predicted octanol–water partition coefficient (Wildman–Crippen LogP) is 0.193. The molecule has 1 amide bonds. The number of rotatable bonds is 3. The fourth-order valence-electron chi connectivity index (χ4n) is 3.67. The lowest BCUT2D eigenvalue weighted by molar-refractivity contribution is 0.0298. The van der Waals surface area contributed by atoms with Gasteiger partial charge in [0.2, 0.25) is 0 Å². The van der Waals surface area contributed by atoms with E-state index in [0.717, 1.165) is 5.56 Å². The monoisotopic (exact) mass is 362 g/mol. The molecule has 2 aliphatic heterocycles. The van der Waals surface area contributed by atoms with E-state index < -0.39 is 9.84 Å². The maximum absolute atomic E-state index is 12.7. The van der Waals surface area contributed by atoms with Crippen LogP contribution in [0.2, 0.25) is 0 Å². The second kappa shape index (κ2) is 6.23. The van der Waals surface area contributed by atoms with Crippen molar-refractivity contribution in [2.24, 2.45) is 0 Å². The highest BCUT2D eigenvalue weighted by Gasteiger charge is 2.48. The number of carbonyl (C=O) groups is 1. The van der Waals surface area contributed by atoms with Gasteiger partial charge in [-0.1, -0.05) is 5.16 Å². The SMILES string of the molecule is O=C(c1ccon1)N1CCN(Cc2ccncc2)[C@@H]2CS(=O)(=O)C[C@@H]21. The van der Waals surface area contributed by atoms with Crippen molar-refractivity contribution in [3.05, 3.63) is 48.1 Å². The Balaban J connectivity index is 1.59. The molecule has 4 heterocycles. The summed E-state index contributed by atoms with van der Waals surface area (Å²) in [6.07, 6.45) is 4.79. The molecule has 0 spiro atoms. The zero-order valence-corrected chi connectivity index (χ0v) is 14.3. The summed E-state index contributed by atoms with van der Waals surface area (Å²) in [6, 6.07) is 4.79. The average Bonchev–Trinajstić information content (AvgIpc) is 3.22. The minimum atomic E-state index is -3.18. The number of nitrogens with zero attached hydrogens (tertiary/aromatic N) is 4. The summed E-state index contributed by atoms with van der Waals surface area (Å²) in [5.41, 5.74) is 1.29. The third-order valence-electron chi connectivity index (χ3n) is 4.84. The van der Waals surface area contributed by atoms with Crippen molar-refractivity contribution in [1.82, 2.24) is 19.9 Å². The second-order valence-corrected chi connectivity index (χ2v) is 8.57. The first-order chi connectivity index (χ1) is 12.0. The molecule has 0 N–H and O–H groups in total. The molecule has 4 rings (SSSR count). The van der Waals surface area contributed by atoms with Crippen LogP contribution < -0.4 is 0 Å². The van der Waals surface area contributed by atoms with E-state index in [2.05, 4.69) is 15.0 Å². The van der Waals surface area contributed by atoms with Crippen molar-refractivity contribution in [3.8, 4) is 0 Å². The molecule has 9 heteroatoms. The van der Waals surface area contributed by atoms with Crippen molar-refractivity contribution >= 4 is 15.7 Å². The number of carbonyl (C=O) groups excluding carboxylic acids is 1. The summed E-state index contributed by atoms with van der Waals surface area (Å²) in [5, 5.41) is 3.69. The van der Waals surface area contributed by atoms with Crippen molar-refractivity contribution in [2.75, 3.05) is 24.6 Å². The molecule has 0 radical (unpaired) electrons. The fourth-order valence-corrected chi connectivity index (χ4v) is 5.68. The number of pyridine rings is 1. The summed E-state index contributed by atoms with van der Waals surface area (Å²) in [7, 11) is -3.18. The number of sulfone groups is 1. The third kappa shape index (κ3) is 3.16. The van der Waals surface area contributed by atoms with E-state index in [9.17, 15) is 13.2 Å². The van der Waals surface area contributed by atoms with Crippen molar-refractivity contribution in [1.29, 1.82) is 0 Å². The van der Waals surface area contributed by atoms with Crippen molar-refractivity contribution in [3.63, 3.8) is 0 Å². The lowest BCUT2D eigenvalue weighted by Crippen LogP contribution is -2.60. The first-order valence-electron chi connectivity index (χ1n) is 8.08. The maximum atomic E-state index is 12.7. The second-order valence-electron chi connectivity index (χ2n) is 6.42. The summed E-state index contributed by atoms with van der Waals surface area (Å²) in [5.74, 6) is -0.205. The third-order valence-corrected chi connectivity index (χ3v) is 6.54. The van der Waals surface area contributed by atoms with E-state index in [-0.39, 0.29) is 35.2 Å². The van der Waals surface area contributed by atoms with Crippen LogP contribution >= 0.6 is 0 Å². The molecule has 8 nitrogen and oxygen atoms in total. The minimum absolute atomic E-state index is 0.00585. The van der Waals surface area contributed by atoms with Gasteiger partial charge in [-0.25, -0.2) is 8.42 Å².